The van der Waals surface area contributed by atoms with Gasteiger partial charge >= 0.3 is 0 Å². The smallest absolute Gasteiger partial charge is 0.227 e. The number of rotatable bonds is 7. The summed E-state index contributed by atoms with van der Waals surface area (Å²) in [6.45, 7) is 2.84. The van der Waals surface area contributed by atoms with Gasteiger partial charge in [-0.1, -0.05) is 97.1 Å². The second-order valence-corrected chi connectivity index (χ2v) is 13.0. The van der Waals surface area contributed by atoms with Crippen molar-refractivity contribution in [2.24, 2.45) is 11.8 Å². The number of nitrogens with zero attached hydrogens (tertiary/aromatic N) is 2. The Morgan fingerprint density at radius 1 is 0.800 bits per heavy atom. The normalized spacial score (nSPS) is 25.6. The molecule has 3 fully saturated rings. The Hall–Kier alpha value is -4.13. The second-order valence-electron chi connectivity index (χ2n) is 13.0. The van der Waals surface area contributed by atoms with Crippen LogP contribution in [0.1, 0.15) is 41.5 Å². The summed E-state index contributed by atoms with van der Waals surface area (Å²) in [5.41, 5.74) is 2.68. The number of carbonyl (C=O) groups is 1. The van der Waals surface area contributed by atoms with Crippen molar-refractivity contribution in [1.82, 2.24) is 4.90 Å². The molecule has 0 bridgehead atoms. The molecule has 2 heterocycles. The summed E-state index contributed by atoms with van der Waals surface area (Å²) in [4.78, 5) is 18.6. The Labute approximate surface area is 265 Å². The molecule has 45 heavy (non-hydrogen) atoms. The fourth-order valence-corrected chi connectivity index (χ4v) is 8.67. The van der Waals surface area contributed by atoms with Crippen molar-refractivity contribution in [3.05, 3.63) is 131 Å². The highest BCUT2D eigenvalue weighted by atomic mass is 16.5. The number of para-hydroxylation sites is 2. The number of aliphatic hydroxyl groups is 2. The standard InChI is InChI=1S/C39H42N2O4/c1-45-35-21-11-9-19-31(35)39(44)33-27-41(37(43)24-28-14-8-10-20-34(28)40-22-12-13-23-40)26-32(33)38(25-36(39)42,29-15-4-2-5-16-29)30-17-6-3-7-18-30/h2-11,14-21,32-33,36,42,44H,12-13,22-27H2,1H3. The summed E-state index contributed by atoms with van der Waals surface area (Å²) in [6.07, 6.45) is 1.83. The molecule has 0 aromatic heterocycles. The topological polar surface area (TPSA) is 73.2 Å². The predicted molar refractivity (Wildman–Crippen MR) is 176 cm³/mol. The lowest BCUT2D eigenvalue weighted by molar-refractivity contribution is -0.168. The van der Waals surface area contributed by atoms with Crippen LogP contribution in [-0.2, 0) is 22.2 Å². The van der Waals surface area contributed by atoms with Gasteiger partial charge in [0.2, 0.25) is 5.91 Å². The summed E-state index contributed by atoms with van der Waals surface area (Å²) < 4.78 is 5.74. The van der Waals surface area contributed by atoms with Gasteiger partial charge in [0.15, 0.2) is 0 Å². The lowest BCUT2D eigenvalue weighted by Gasteiger charge is -2.55. The van der Waals surface area contributed by atoms with E-state index < -0.39 is 23.0 Å². The second kappa shape index (κ2) is 12.0. The minimum atomic E-state index is -1.62. The van der Waals surface area contributed by atoms with Gasteiger partial charge in [-0.3, -0.25) is 4.79 Å². The van der Waals surface area contributed by atoms with Crippen molar-refractivity contribution in [2.45, 2.75) is 42.8 Å². The number of anilines is 1. The maximum absolute atomic E-state index is 14.3. The average Bonchev–Trinajstić information content (AvgIpc) is 3.80. The molecule has 3 aliphatic rings. The Morgan fingerprint density at radius 2 is 1.38 bits per heavy atom. The van der Waals surface area contributed by atoms with Gasteiger partial charge in [-0.05, 0) is 54.0 Å². The molecule has 4 aromatic carbocycles. The first-order valence-corrected chi connectivity index (χ1v) is 16.2. The van der Waals surface area contributed by atoms with Crippen LogP contribution in [0.15, 0.2) is 109 Å². The SMILES string of the molecule is COc1ccccc1C1(O)C(O)CC(c2ccccc2)(c2ccccc2)C2CN(C(=O)Cc3ccccc3N3CCCC3)CC21. The molecule has 2 saturated heterocycles. The van der Waals surface area contributed by atoms with Crippen LogP contribution in [0.5, 0.6) is 5.75 Å². The monoisotopic (exact) mass is 602 g/mol. The average molecular weight is 603 g/mol. The minimum absolute atomic E-state index is 0.0444. The van der Waals surface area contributed by atoms with Gasteiger partial charge in [0.05, 0.1) is 19.6 Å². The number of hydrogen-bond donors (Lipinski definition) is 2. The van der Waals surface area contributed by atoms with Gasteiger partial charge < -0.3 is 24.7 Å². The van der Waals surface area contributed by atoms with Crippen molar-refractivity contribution < 1.29 is 19.7 Å². The van der Waals surface area contributed by atoms with Gasteiger partial charge in [0, 0.05) is 48.8 Å². The quantitative estimate of drug-likeness (QED) is 0.290. The number of hydrogen-bond acceptors (Lipinski definition) is 5. The fourth-order valence-electron chi connectivity index (χ4n) is 8.67. The van der Waals surface area contributed by atoms with Gasteiger partial charge in [-0.15, -0.1) is 0 Å². The Kier molecular flexibility index (Phi) is 7.88. The van der Waals surface area contributed by atoms with Crippen LogP contribution in [0.4, 0.5) is 5.69 Å². The molecule has 1 aliphatic carbocycles. The Bertz CT molecular complexity index is 1600. The number of ether oxygens (including phenoxy) is 1. The van der Waals surface area contributed by atoms with Crippen molar-refractivity contribution >= 4 is 11.6 Å². The van der Waals surface area contributed by atoms with Crippen molar-refractivity contribution in [3.63, 3.8) is 0 Å². The van der Waals surface area contributed by atoms with E-state index in [0.717, 1.165) is 35.5 Å². The lowest BCUT2D eigenvalue weighted by atomic mass is 9.51. The van der Waals surface area contributed by atoms with Crippen molar-refractivity contribution in [2.75, 3.05) is 38.2 Å². The van der Waals surface area contributed by atoms with E-state index in [0.29, 0.717) is 37.2 Å². The molecule has 2 N–H and O–H groups in total. The molecular formula is C39H42N2O4. The van der Waals surface area contributed by atoms with Gasteiger partial charge in [-0.2, -0.15) is 0 Å². The number of benzene rings is 4. The molecule has 2 aliphatic heterocycles. The molecule has 4 atom stereocenters. The molecule has 4 aromatic rings. The number of likely N-dealkylation sites (tertiary alicyclic amines) is 1. The zero-order valence-corrected chi connectivity index (χ0v) is 25.9. The first-order valence-electron chi connectivity index (χ1n) is 16.2. The minimum Gasteiger partial charge on any atom is -0.496 e. The zero-order valence-electron chi connectivity index (χ0n) is 25.9. The van der Waals surface area contributed by atoms with E-state index in [-0.39, 0.29) is 11.8 Å². The largest absolute Gasteiger partial charge is 0.496 e. The van der Waals surface area contributed by atoms with Gasteiger partial charge in [0.25, 0.3) is 0 Å². The highest BCUT2D eigenvalue weighted by Gasteiger charge is 2.64. The molecule has 1 amide bonds. The van der Waals surface area contributed by atoms with Crippen molar-refractivity contribution in [3.8, 4) is 5.75 Å². The first kappa shape index (κ1) is 29.6. The van der Waals surface area contributed by atoms with E-state index in [1.54, 1.807) is 7.11 Å². The summed E-state index contributed by atoms with van der Waals surface area (Å²) >= 11 is 0. The van der Waals surface area contributed by atoms with E-state index in [1.165, 1.54) is 12.8 Å². The first-order chi connectivity index (χ1) is 22.0. The number of aliphatic hydroxyl groups excluding tert-OH is 1. The highest BCUT2D eigenvalue weighted by molar-refractivity contribution is 5.81. The predicted octanol–water partition coefficient (Wildman–Crippen LogP) is 5.55. The zero-order chi connectivity index (χ0) is 31.0. The van der Waals surface area contributed by atoms with Crippen LogP contribution in [0.3, 0.4) is 0 Å². The number of amides is 1. The van der Waals surface area contributed by atoms with E-state index in [1.807, 2.05) is 71.6 Å². The maximum Gasteiger partial charge on any atom is 0.227 e. The summed E-state index contributed by atoms with van der Waals surface area (Å²) in [5.74, 6) is -0.0360. The lowest BCUT2D eigenvalue weighted by Crippen LogP contribution is -2.60. The summed E-state index contributed by atoms with van der Waals surface area (Å²) in [5, 5.41) is 25.0. The Morgan fingerprint density at radius 3 is 2.04 bits per heavy atom. The third-order valence-corrected chi connectivity index (χ3v) is 10.8. The van der Waals surface area contributed by atoms with E-state index in [9.17, 15) is 15.0 Å². The van der Waals surface area contributed by atoms with Crippen LogP contribution >= 0.6 is 0 Å². The Balaban J connectivity index is 1.33. The number of fused-ring (bicyclic) bond motifs is 1. The van der Waals surface area contributed by atoms with Crippen LogP contribution in [0.25, 0.3) is 0 Å². The van der Waals surface area contributed by atoms with E-state index in [2.05, 4.69) is 47.4 Å². The highest BCUT2D eigenvalue weighted by Crippen LogP contribution is 2.60. The van der Waals surface area contributed by atoms with Crippen LogP contribution in [0.2, 0.25) is 0 Å². The van der Waals surface area contributed by atoms with E-state index in [4.69, 9.17) is 4.74 Å². The van der Waals surface area contributed by atoms with Gasteiger partial charge in [0.1, 0.15) is 11.4 Å². The molecule has 0 spiro atoms. The van der Waals surface area contributed by atoms with Crippen LogP contribution in [-0.4, -0.2) is 60.4 Å². The fraction of sp³-hybridized carbons (Fsp3) is 0.359. The molecule has 4 unspecified atom stereocenters. The summed E-state index contributed by atoms with van der Waals surface area (Å²) in [7, 11) is 1.59. The number of carbonyl (C=O) groups excluding carboxylic acids is 1. The molecule has 232 valence electrons. The van der Waals surface area contributed by atoms with Crippen LogP contribution < -0.4 is 9.64 Å². The third-order valence-electron chi connectivity index (χ3n) is 10.8. The molecule has 6 nitrogen and oxygen atoms in total. The molecule has 6 heteroatoms. The molecular weight excluding hydrogens is 560 g/mol. The van der Waals surface area contributed by atoms with Gasteiger partial charge in [-0.25, -0.2) is 0 Å². The van der Waals surface area contributed by atoms with E-state index >= 15 is 0 Å². The molecule has 7 rings (SSSR count). The maximum atomic E-state index is 14.3. The third kappa shape index (κ3) is 4.91. The van der Waals surface area contributed by atoms with Crippen molar-refractivity contribution in [1.29, 1.82) is 0 Å². The molecule has 0 radical (unpaired) electrons. The number of methoxy groups -OCH3 is 1. The summed E-state index contributed by atoms with van der Waals surface area (Å²) in [6, 6.07) is 36.4. The van der Waals surface area contributed by atoms with Crippen LogP contribution in [0, 0.1) is 11.8 Å². The molecule has 1 saturated carbocycles.